The van der Waals surface area contributed by atoms with Gasteiger partial charge in [0.2, 0.25) is 0 Å². The number of hydrogen-bond donors (Lipinski definition) is 3. The lowest BCUT2D eigenvalue weighted by molar-refractivity contribution is -0.226. The van der Waals surface area contributed by atoms with Crippen LogP contribution in [0.15, 0.2) is 84.1 Å². The highest BCUT2D eigenvalue weighted by molar-refractivity contribution is 6.04. The van der Waals surface area contributed by atoms with Gasteiger partial charge in [-0.1, -0.05) is 101 Å². The van der Waals surface area contributed by atoms with Gasteiger partial charge in [0.25, 0.3) is 0 Å². The second-order valence-electron chi connectivity index (χ2n) is 13.1. The van der Waals surface area contributed by atoms with Crippen LogP contribution >= 0.6 is 0 Å². The second-order valence-corrected chi connectivity index (χ2v) is 13.1. The number of fused-ring (bicyclic) bond motifs is 5. The fourth-order valence-electron chi connectivity index (χ4n) is 8.09. The third-order valence-electron chi connectivity index (χ3n) is 10.1. The van der Waals surface area contributed by atoms with Crippen LogP contribution < -0.4 is 0 Å². The highest BCUT2D eigenvalue weighted by Crippen LogP contribution is 2.77. The van der Waals surface area contributed by atoms with E-state index in [0.29, 0.717) is 11.1 Å². The summed E-state index contributed by atoms with van der Waals surface area (Å²) in [7, 11) is 0. The quantitative estimate of drug-likeness (QED) is 0.142. The summed E-state index contributed by atoms with van der Waals surface area (Å²) in [6.07, 6.45) is 22.1. The van der Waals surface area contributed by atoms with Crippen LogP contribution in [-0.2, 0) is 23.9 Å². The molecule has 0 spiro atoms. The highest BCUT2D eigenvalue weighted by atomic mass is 16.6. The van der Waals surface area contributed by atoms with Crippen molar-refractivity contribution < 1.29 is 39.2 Å². The van der Waals surface area contributed by atoms with Gasteiger partial charge in [-0.05, 0) is 24.5 Å². The standard InChI is InChI=1S/C36H46O8/c1-7-8-9-10-11-12-13-14-15-16-17-18-29(39)43-32-24(3)35(42)27(30-33(5,6)36(30,32)44-25(4)38)20-26(22-37)21-34(41)28(35)19-23(2)31(34)40/h9-20,24,27-28,30,32,37,41-42H,7-8,21-22H2,1-6H3/b10-9-,12-11-,14-13-,16-15-,18-17-/t24-,27+,28+,30+,32-,34-,35-,36-/m1/s1. The highest BCUT2D eigenvalue weighted by Gasteiger charge is 2.87. The first-order chi connectivity index (χ1) is 20.7. The number of hydrogen-bond acceptors (Lipinski definition) is 8. The van der Waals surface area contributed by atoms with Gasteiger partial charge in [-0.15, -0.1) is 0 Å². The van der Waals surface area contributed by atoms with Crippen molar-refractivity contribution in [2.24, 2.45) is 29.1 Å². The van der Waals surface area contributed by atoms with E-state index in [-0.39, 0.29) is 6.42 Å². The maximum atomic E-state index is 13.2. The lowest BCUT2D eigenvalue weighted by Gasteiger charge is -2.53. The van der Waals surface area contributed by atoms with Gasteiger partial charge in [0.1, 0.15) is 11.7 Å². The van der Waals surface area contributed by atoms with E-state index >= 15 is 0 Å². The van der Waals surface area contributed by atoms with Crippen LogP contribution in [0.3, 0.4) is 0 Å². The molecule has 8 atom stereocenters. The maximum Gasteiger partial charge on any atom is 0.331 e. The van der Waals surface area contributed by atoms with Crippen molar-refractivity contribution in [1.29, 1.82) is 0 Å². The zero-order valence-corrected chi connectivity index (χ0v) is 26.5. The molecule has 4 aliphatic carbocycles. The average Bonchev–Trinajstić information content (AvgIpc) is 3.38. The largest absolute Gasteiger partial charge is 0.455 e. The monoisotopic (exact) mass is 606 g/mol. The summed E-state index contributed by atoms with van der Waals surface area (Å²) < 4.78 is 12.1. The van der Waals surface area contributed by atoms with Gasteiger partial charge in [-0.25, -0.2) is 4.79 Å². The molecule has 0 amide bonds. The number of carbonyl (C=O) groups excluding carboxylic acids is 3. The van der Waals surface area contributed by atoms with Crippen molar-refractivity contribution in [3.05, 3.63) is 84.1 Å². The molecule has 0 heterocycles. The normalized spacial score (nSPS) is 37.7. The molecule has 4 aliphatic rings. The Hall–Kier alpha value is -3.33. The number of ether oxygens (including phenoxy) is 2. The molecule has 2 saturated carbocycles. The van der Waals surface area contributed by atoms with E-state index in [9.17, 15) is 29.7 Å². The van der Waals surface area contributed by atoms with E-state index in [1.54, 1.807) is 44.2 Å². The van der Waals surface area contributed by atoms with Crippen LogP contribution in [0.1, 0.15) is 60.8 Å². The minimum absolute atomic E-state index is 0.139. The van der Waals surface area contributed by atoms with Crippen molar-refractivity contribution in [3.8, 4) is 0 Å². The van der Waals surface area contributed by atoms with Gasteiger partial charge < -0.3 is 24.8 Å². The fourth-order valence-corrected chi connectivity index (χ4v) is 8.09. The number of unbranched alkanes of at least 4 members (excludes halogenated alkanes) is 1. The Kier molecular flexibility index (Phi) is 9.60. The minimum Gasteiger partial charge on any atom is -0.455 e. The lowest BCUT2D eigenvalue weighted by Crippen LogP contribution is -2.66. The zero-order valence-electron chi connectivity index (χ0n) is 26.5. The maximum absolute atomic E-state index is 13.2. The molecule has 0 aromatic heterocycles. The summed E-state index contributed by atoms with van der Waals surface area (Å²) in [5, 5.41) is 34.7. The van der Waals surface area contributed by atoms with Gasteiger partial charge in [-0.3, -0.25) is 9.59 Å². The Bertz CT molecular complexity index is 1380. The predicted octanol–water partition coefficient (Wildman–Crippen LogP) is 4.63. The van der Waals surface area contributed by atoms with Crippen molar-refractivity contribution in [1.82, 2.24) is 0 Å². The number of aliphatic hydroxyl groups is 3. The van der Waals surface area contributed by atoms with Gasteiger partial charge in [-0.2, -0.15) is 0 Å². The molecule has 3 N–H and O–H groups in total. The summed E-state index contributed by atoms with van der Waals surface area (Å²) in [6, 6.07) is 0. The third kappa shape index (κ3) is 5.41. The van der Waals surface area contributed by atoms with E-state index in [2.05, 4.69) is 13.0 Å². The third-order valence-corrected chi connectivity index (χ3v) is 10.1. The van der Waals surface area contributed by atoms with Crippen LogP contribution in [0.4, 0.5) is 0 Å². The Morgan fingerprint density at radius 2 is 1.64 bits per heavy atom. The summed E-state index contributed by atoms with van der Waals surface area (Å²) >= 11 is 0. The van der Waals surface area contributed by atoms with E-state index in [4.69, 9.17) is 9.47 Å². The summed E-state index contributed by atoms with van der Waals surface area (Å²) in [5.41, 5.74) is -5.00. The number of aliphatic hydroxyl groups excluding tert-OH is 1. The molecular formula is C36H46O8. The number of Topliss-reactive ketones (excluding diaryl/α,β-unsaturated/α-hetero) is 1. The topological polar surface area (TPSA) is 130 Å². The Balaban J connectivity index is 1.65. The summed E-state index contributed by atoms with van der Waals surface area (Å²) in [6.45, 7) is 10.1. The van der Waals surface area contributed by atoms with Crippen LogP contribution in [0, 0.1) is 29.1 Å². The molecule has 0 aromatic carbocycles. The molecular weight excluding hydrogens is 560 g/mol. The first-order valence-corrected chi connectivity index (χ1v) is 15.4. The van der Waals surface area contributed by atoms with E-state index in [0.717, 1.165) is 12.8 Å². The molecule has 4 rings (SSSR count). The smallest absolute Gasteiger partial charge is 0.331 e. The summed E-state index contributed by atoms with van der Waals surface area (Å²) in [5.74, 6) is -4.88. The first kappa shape index (κ1) is 33.6. The van der Waals surface area contributed by atoms with Crippen LogP contribution in [0.25, 0.3) is 0 Å². The van der Waals surface area contributed by atoms with Crippen molar-refractivity contribution in [3.63, 3.8) is 0 Å². The van der Waals surface area contributed by atoms with Crippen molar-refractivity contribution in [2.45, 2.75) is 83.7 Å². The number of esters is 2. The molecule has 0 radical (unpaired) electrons. The molecule has 8 heteroatoms. The Labute approximate surface area is 260 Å². The molecule has 2 fully saturated rings. The molecule has 238 valence electrons. The Morgan fingerprint density at radius 1 is 1.02 bits per heavy atom. The molecule has 0 unspecified atom stereocenters. The van der Waals surface area contributed by atoms with Crippen LogP contribution in [0.5, 0.6) is 0 Å². The second kappa shape index (κ2) is 12.6. The van der Waals surface area contributed by atoms with Crippen molar-refractivity contribution in [2.75, 3.05) is 6.61 Å². The predicted molar refractivity (Wildman–Crippen MR) is 167 cm³/mol. The van der Waals surface area contributed by atoms with Crippen LogP contribution in [0.2, 0.25) is 0 Å². The van der Waals surface area contributed by atoms with E-state index in [1.807, 2.05) is 44.2 Å². The molecule has 8 nitrogen and oxygen atoms in total. The number of allylic oxidation sites excluding steroid dienone is 9. The molecule has 0 saturated heterocycles. The molecule has 0 bridgehead atoms. The summed E-state index contributed by atoms with van der Waals surface area (Å²) in [4.78, 5) is 38.9. The lowest BCUT2D eigenvalue weighted by atomic mass is 9.59. The van der Waals surface area contributed by atoms with Gasteiger partial charge in [0.05, 0.1) is 12.2 Å². The van der Waals surface area contributed by atoms with Crippen molar-refractivity contribution >= 4 is 17.7 Å². The van der Waals surface area contributed by atoms with E-state index < -0.39 is 76.3 Å². The number of rotatable bonds is 10. The SMILES string of the molecule is CCC\C=C/C=C\C=C/C=C\C=C/C(=O)O[C@@H]1[C@@H](C)[C@]2(O)[C@H]3C=C(C)C(=O)[C@@]3(O)CC(CO)=C[C@H]2[C@H]2C(C)(C)[C@]12OC(C)=O. The first-order valence-electron chi connectivity index (χ1n) is 15.4. The minimum atomic E-state index is -1.97. The molecule has 44 heavy (non-hydrogen) atoms. The zero-order chi connectivity index (χ0) is 32.5. The van der Waals surface area contributed by atoms with Gasteiger partial charge >= 0.3 is 11.9 Å². The Morgan fingerprint density at radius 3 is 2.23 bits per heavy atom. The fraction of sp³-hybridized carbons (Fsp3) is 0.528. The average molecular weight is 607 g/mol. The molecule has 0 aromatic rings. The van der Waals surface area contributed by atoms with E-state index in [1.165, 1.54) is 13.0 Å². The molecule has 0 aliphatic heterocycles. The number of carbonyl (C=O) groups is 3. The van der Waals surface area contributed by atoms with Crippen LogP contribution in [-0.4, -0.2) is 62.6 Å². The van der Waals surface area contributed by atoms with Gasteiger partial charge in [0, 0.05) is 48.5 Å². The number of ketones is 1. The van der Waals surface area contributed by atoms with Gasteiger partial charge in [0.15, 0.2) is 11.4 Å².